The van der Waals surface area contributed by atoms with Crippen LogP contribution in [-0.4, -0.2) is 24.4 Å². The van der Waals surface area contributed by atoms with E-state index < -0.39 is 29.5 Å². The lowest BCUT2D eigenvalue weighted by Gasteiger charge is -2.18. The van der Waals surface area contributed by atoms with Crippen LogP contribution in [0.5, 0.6) is 0 Å². The van der Waals surface area contributed by atoms with Crippen molar-refractivity contribution in [2.45, 2.75) is 52.0 Å². The summed E-state index contributed by atoms with van der Waals surface area (Å²) in [5.41, 5.74) is 0.283. The zero-order valence-electron chi connectivity index (χ0n) is 16.4. The van der Waals surface area contributed by atoms with E-state index in [1.165, 1.54) is 6.08 Å². The monoisotopic (exact) mass is 390 g/mol. The molecule has 0 aliphatic heterocycles. The van der Waals surface area contributed by atoms with E-state index in [-0.39, 0.29) is 12.0 Å². The summed E-state index contributed by atoms with van der Waals surface area (Å²) in [5, 5.41) is 5.31. The van der Waals surface area contributed by atoms with E-state index in [4.69, 9.17) is 6.42 Å². The number of hydrogen-bond acceptors (Lipinski definition) is 2. The Balaban J connectivity index is 2.80. The molecule has 0 saturated heterocycles. The second-order valence-electron chi connectivity index (χ2n) is 6.79. The number of benzene rings is 1. The molecule has 0 aromatic heterocycles. The van der Waals surface area contributed by atoms with Gasteiger partial charge in [-0.05, 0) is 42.5 Å². The fourth-order valence-corrected chi connectivity index (χ4v) is 2.49. The van der Waals surface area contributed by atoms with Gasteiger partial charge in [0.05, 0.1) is 0 Å². The van der Waals surface area contributed by atoms with Crippen LogP contribution in [0.3, 0.4) is 0 Å². The van der Waals surface area contributed by atoms with Crippen molar-refractivity contribution in [2.24, 2.45) is 5.92 Å². The quantitative estimate of drug-likeness (QED) is 0.345. The molecule has 0 saturated carbocycles. The van der Waals surface area contributed by atoms with E-state index in [0.29, 0.717) is 25.3 Å². The number of unbranched alkanes of at least 4 members (excludes halogenated alkanes) is 1. The van der Waals surface area contributed by atoms with E-state index in [2.05, 4.69) is 30.4 Å². The summed E-state index contributed by atoms with van der Waals surface area (Å²) in [7, 11) is 0. The van der Waals surface area contributed by atoms with Crippen molar-refractivity contribution in [2.75, 3.05) is 6.54 Å². The van der Waals surface area contributed by atoms with Crippen molar-refractivity contribution in [3.05, 3.63) is 47.5 Å². The summed E-state index contributed by atoms with van der Waals surface area (Å²) >= 11 is 0. The van der Waals surface area contributed by atoms with Crippen LogP contribution in [0, 0.1) is 29.9 Å². The largest absolute Gasteiger partial charge is 0.354 e. The van der Waals surface area contributed by atoms with Crippen LogP contribution in [0.25, 0.3) is 0 Å². The maximum atomic E-state index is 13.4. The van der Waals surface area contributed by atoms with Crippen molar-refractivity contribution in [3.63, 3.8) is 0 Å². The lowest BCUT2D eigenvalue weighted by molar-refractivity contribution is -0.127. The molecule has 0 radical (unpaired) electrons. The van der Waals surface area contributed by atoms with Crippen molar-refractivity contribution in [1.82, 2.24) is 10.6 Å². The number of terminal acetylenes is 1. The molecule has 1 aromatic carbocycles. The highest BCUT2D eigenvalue weighted by molar-refractivity contribution is 5.93. The van der Waals surface area contributed by atoms with Crippen molar-refractivity contribution >= 4 is 11.8 Å². The molecule has 2 atom stereocenters. The van der Waals surface area contributed by atoms with Crippen LogP contribution in [-0.2, 0) is 16.0 Å². The summed E-state index contributed by atoms with van der Waals surface area (Å²) in [6.07, 6.45) is 11.2. The minimum absolute atomic E-state index is 0.0272. The number of halogens is 2. The number of allylic oxidation sites excluding steroid dienone is 1. The standard InChI is InChI=1S/C22H28F2N2O2/c1-4-6-7-11-25-22(28)20(14-17-12-18(23)15-19(24)13-17)26-21(27)10-8-9-16(3)5-2/h1,8,10,12-13,15-16,20H,5-7,9,11,14H2,2-3H3,(H,25,28)(H,26,27)/b10-8+/t16?,20-/m0/s1. The lowest BCUT2D eigenvalue weighted by Crippen LogP contribution is -2.47. The first-order valence-corrected chi connectivity index (χ1v) is 9.48. The highest BCUT2D eigenvalue weighted by Crippen LogP contribution is 2.11. The van der Waals surface area contributed by atoms with Gasteiger partial charge in [-0.25, -0.2) is 8.78 Å². The second-order valence-corrected chi connectivity index (χ2v) is 6.79. The Morgan fingerprint density at radius 2 is 1.93 bits per heavy atom. The first-order chi connectivity index (χ1) is 13.3. The van der Waals surface area contributed by atoms with Gasteiger partial charge >= 0.3 is 0 Å². The predicted molar refractivity (Wildman–Crippen MR) is 106 cm³/mol. The van der Waals surface area contributed by atoms with Gasteiger partial charge < -0.3 is 10.6 Å². The summed E-state index contributed by atoms with van der Waals surface area (Å²) in [6, 6.07) is 2.10. The normalized spacial score (nSPS) is 13.0. The molecule has 4 nitrogen and oxygen atoms in total. The highest BCUT2D eigenvalue weighted by atomic mass is 19.1. The Morgan fingerprint density at radius 1 is 1.25 bits per heavy atom. The van der Waals surface area contributed by atoms with Gasteiger partial charge in [-0.2, -0.15) is 0 Å². The Hall–Kier alpha value is -2.68. The van der Waals surface area contributed by atoms with Crippen LogP contribution in [0.4, 0.5) is 8.78 Å². The van der Waals surface area contributed by atoms with Crippen LogP contribution < -0.4 is 10.6 Å². The van der Waals surface area contributed by atoms with E-state index in [1.54, 1.807) is 6.08 Å². The molecule has 0 fully saturated rings. The Bertz CT molecular complexity index is 705. The van der Waals surface area contributed by atoms with Crippen LogP contribution >= 0.6 is 0 Å². The van der Waals surface area contributed by atoms with Crippen molar-refractivity contribution in [3.8, 4) is 12.3 Å². The molecule has 6 heteroatoms. The van der Waals surface area contributed by atoms with Gasteiger partial charge in [0, 0.05) is 25.5 Å². The number of nitrogens with one attached hydrogen (secondary N) is 2. The van der Waals surface area contributed by atoms with Gasteiger partial charge in [-0.1, -0.05) is 26.3 Å². The van der Waals surface area contributed by atoms with E-state index in [9.17, 15) is 18.4 Å². The first-order valence-electron chi connectivity index (χ1n) is 9.48. The van der Waals surface area contributed by atoms with E-state index in [0.717, 1.165) is 31.0 Å². The number of carbonyl (C=O) groups excluding carboxylic acids is 2. The van der Waals surface area contributed by atoms with Gasteiger partial charge in [-0.3, -0.25) is 9.59 Å². The SMILES string of the molecule is C#CCCCNC(=O)[C@H](Cc1cc(F)cc(F)c1)NC(=O)/C=C/CC(C)CC. The third kappa shape index (κ3) is 9.31. The predicted octanol–water partition coefficient (Wildman–Crippen LogP) is 3.51. The van der Waals surface area contributed by atoms with E-state index >= 15 is 0 Å². The topological polar surface area (TPSA) is 58.2 Å². The molecule has 0 aliphatic rings. The maximum Gasteiger partial charge on any atom is 0.244 e. The molecule has 152 valence electrons. The lowest BCUT2D eigenvalue weighted by atomic mass is 10.0. The smallest absolute Gasteiger partial charge is 0.244 e. The molecule has 0 bridgehead atoms. The number of carbonyl (C=O) groups is 2. The number of amides is 2. The van der Waals surface area contributed by atoms with Crippen LogP contribution in [0.2, 0.25) is 0 Å². The maximum absolute atomic E-state index is 13.4. The molecule has 2 N–H and O–H groups in total. The van der Waals surface area contributed by atoms with Crippen molar-refractivity contribution < 1.29 is 18.4 Å². The Morgan fingerprint density at radius 3 is 2.54 bits per heavy atom. The average molecular weight is 390 g/mol. The van der Waals surface area contributed by atoms with Crippen LogP contribution in [0.1, 0.15) is 45.1 Å². The zero-order valence-corrected chi connectivity index (χ0v) is 16.4. The molecule has 28 heavy (non-hydrogen) atoms. The van der Waals surface area contributed by atoms with E-state index in [1.807, 2.05) is 0 Å². The molecular weight excluding hydrogens is 362 g/mol. The number of rotatable bonds is 11. The minimum atomic E-state index is -0.951. The summed E-state index contributed by atoms with van der Waals surface area (Å²) in [4.78, 5) is 24.6. The Labute approximate surface area is 165 Å². The summed E-state index contributed by atoms with van der Waals surface area (Å²) < 4.78 is 26.9. The molecule has 0 spiro atoms. The average Bonchev–Trinajstić information content (AvgIpc) is 2.63. The molecule has 1 aromatic rings. The van der Waals surface area contributed by atoms with Crippen molar-refractivity contribution in [1.29, 1.82) is 0 Å². The molecule has 1 unspecified atom stereocenters. The second kappa shape index (κ2) is 12.7. The molecule has 1 rings (SSSR count). The third-order valence-electron chi connectivity index (χ3n) is 4.30. The molecule has 2 amide bonds. The molecule has 0 heterocycles. The zero-order chi connectivity index (χ0) is 20.9. The fraction of sp³-hybridized carbons (Fsp3) is 0.455. The fourth-order valence-electron chi connectivity index (χ4n) is 2.49. The van der Waals surface area contributed by atoms with Gasteiger partial charge in [0.2, 0.25) is 11.8 Å². The van der Waals surface area contributed by atoms with Gasteiger partial charge in [-0.15, -0.1) is 12.3 Å². The minimum Gasteiger partial charge on any atom is -0.354 e. The number of hydrogen-bond donors (Lipinski definition) is 2. The highest BCUT2D eigenvalue weighted by Gasteiger charge is 2.21. The van der Waals surface area contributed by atoms with Gasteiger partial charge in [0.25, 0.3) is 0 Å². The summed E-state index contributed by atoms with van der Waals surface area (Å²) in [5.74, 6) is 0.613. The van der Waals surface area contributed by atoms with Gasteiger partial charge in [0.1, 0.15) is 17.7 Å². The van der Waals surface area contributed by atoms with Crippen LogP contribution in [0.15, 0.2) is 30.4 Å². The first kappa shape index (κ1) is 23.4. The summed E-state index contributed by atoms with van der Waals surface area (Å²) in [6.45, 7) is 4.50. The Kier molecular flexibility index (Phi) is 10.6. The van der Waals surface area contributed by atoms with Gasteiger partial charge in [0.15, 0.2) is 0 Å². The molecule has 0 aliphatic carbocycles. The third-order valence-corrected chi connectivity index (χ3v) is 4.30. The molecular formula is C22H28F2N2O2.